The van der Waals surface area contributed by atoms with Gasteiger partial charge in [0.15, 0.2) is 0 Å². The molecule has 0 aliphatic carbocycles. The van der Waals surface area contributed by atoms with Gasteiger partial charge in [0.05, 0.1) is 12.2 Å². The molecule has 0 spiro atoms. The van der Waals surface area contributed by atoms with Crippen molar-refractivity contribution >= 4 is 26.0 Å². The zero-order chi connectivity index (χ0) is 9.35. The van der Waals surface area contributed by atoms with E-state index in [1.54, 1.807) is 0 Å². The van der Waals surface area contributed by atoms with Gasteiger partial charge in [-0.3, -0.25) is 0 Å². The number of nitrogens with zero attached hydrogens (tertiary/aromatic N) is 1. The maximum Gasteiger partial charge on any atom is 0.224 e. The van der Waals surface area contributed by atoms with Gasteiger partial charge in [0, 0.05) is 13.1 Å². The monoisotopic (exact) mass is 259 g/mol. The number of halogens is 1. The lowest BCUT2D eigenvalue weighted by atomic mass is 10.3. The molecule has 0 aromatic heterocycles. The largest absolute Gasteiger partial charge is 0.389 e. The van der Waals surface area contributed by atoms with Gasteiger partial charge >= 0.3 is 0 Å². The lowest BCUT2D eigenvalue weighted by Gasteiger charge is -2.12. The first-order chi connectivity index (χ1) is 5.47. The molecule has 2 atom stereocenters. The molecule has 0 bridgehead atoms. The van der Waals surface area contributed by atoms with E-state index >= 15 is 0 Å². The Kier molecular flexibility index (Phi) is 3.11. The number of aliphatic hydroxyl groups is 2. The SMILES string of the molecule is O=S(=O)(CBr)N1C[C@@H](O)[C@@H](O)C1. The minimum absolute atomic E-state index is 0.0187. The van der Waals surface area contributed by atoms with Crippen molar-refractivity contribution in [3.63, 3.8) is 0 Å². The number of hydrogen-bond donors (Lipinski definition) is 2. The maximum atomic E-state index is 11.1. The molecule has 0 saturated carbocycles. The maximum absolute atomic E-state index is 11.1. The van der Waals surface area contributed by atoms with Crippen LogP contribution in [0.4, 0.5) is 0 Å². The minimum atomic E-state index is -3.33. The Bertz CT molecular complexity index is 244. The van der Waals surface area contributed by atoms with Crippen molar-refractivity contribution in [2.24, 2.45) is 0 Å². The van der Waals surface area contributed by atoms with Gasteiger partial charge in [0.1, 0.15) is 4.66 Å². The fourth-order valence-electron chi connectivity index (χ4n) is 1.03. The second-order valence-electron chi connectivity index (χ2n) is 2.67. The van der Waals surface area contributed by atoms with Gasteiger partial charge in [-0.15, -0.1) is 0 Å². The zero-order valence-corrected chi connectivity index (χ0v) is 8.62. The summed E-state index contributed by atoms with van der Waals surface area (Å²) in [7, 11) is -3.33. The number of alkyl halides is 1. The highest BCUT2D eigenvalue weighted by atomic mass is 79.9. The quantitative estimate of drug-likeness (QED) is 0.605. The van der Waals surface area contributed by atoms with E-state index in [1.165, 1.54) is 0 Å². The Hall–Kier alpha value is 0.310. The number of aliphatic hydroxyl groups excluding tert-OH is 2. The summed E-state index contributed by atoms with van der Waals surface area (Å²) in [5.41, 5.74) is 0. The number of β-amino-alcohol motifs (C(OH)–C–C–N with tert-alkyl or cyclic N) is 2. The molecule has 1 rings (SSSR count). The van der Waals surface area contributed by atoms with Crippen LogP contribution in [0.1, 0.15) is 0 Å². The molecule has 0 radical (unpaired) electrons. The Morgan fingerprint density at radius 3 is 2.08 bits per heavy atom. The van der Waals surface area contributed by atoms with Gasteiger partial charge in [-0.2, -0.15) is 4.31 Å². The van der Waals surface area contributed by atoms with Gasteiger partial charge in [0.25, 0.3) is 0 Å². The summed E-state index contributed by atoms with van der Waals surface area (Å²) in [6.07, 6.45) is -1.92. The summed E-state index contributed by atoms with van der Waals surface area (Å²) >= 11 is 2.83. The zero-order valence-electron chi connectivity index (χ0n) is 6.22. The highest BCUT2D eigenvalue weighted by molar-refractivity contribution is 9.10. The first kappa shape index (κ1) is 10.4. The first-order valence-corrected chi connectivity index (χ1v) is 6.10. The summed E-state index contributed by atoms with van der Waals surface area (Å²) in [4.78, 5) is 0. The molecule has 7 heteroatoms. The van der Waals surface area contributed by atoms with Crippen molar-refractivity contribution in [2.75, 3.05) is 17.8 Å². The van der Waals surface area contributed by atoms with E-state index in [1.807, 2.05) is 0 Å². The third-order valence-corrected chi connectivity index (χ3v) is 4.85. The summed E-state index contributed by atoms with van der Waals surface area (Å²) in [6, 6.07) is 0. The van der Waals surface area contributed by atoms with E-state index in [-0.39, 0.29) is 17.8 Å². The second-order valence-corrected chi connectivity index (χ2v) is 5.94. The van der Waals surface area contributed by atoms with Crippen LogP contribution in [-0.2, 0) is 10.0 Å². The lowest BCUT2D eigenvalue weighted by Crippen LogP contribution is -2.30. The Balaban J connectivity index is 2.70. The molecule has 0 aromatic rings. The second kappa shape index (κ2) is 3.59. The number of rotatable bonds is 2. The Morgan fingerprint density at radius 1 is 1.33 bits per heavy atom. The molecule has 0 aromatic carbocycles. The fraction of sp³-hybridized carbons (Fsp3) is 1.00. The summed E-state index contributed by atoms with van der Waals surface area (Å²) in [5.74, 6) is 0. The molecule has 1 aliphatic heterocycles. The molecule has 0 amide bonds. The van der Waals surface area contributed by atoms with Gasteiger partial charge in [0.2, 0.25) is 10.0 Å². The summed E-state index contributed by atoms with van der Waals surface area (Å²) in [5, 5.41) is 18.1. The Morgan fingerprint density at radius 2 is 1.75 bits per heavy atom. The molecular weight excluding hydrogens is 250 g/mol. The van der Waals surface area contributed by atoms with Crippen molar-refractivity contribution in [2.45, 2.75) is 12.2 Å². The third-order valence-electron chi connectivity index (χ3n) is 1.76. The van der Waals surface area contributed by atoms with Gasteiger partial charge in [-0.25, -0.2) is 8.42 Å². The van der Waals surface area contributed by atoms with Crippen molar-refractivity contribution < 1.29 is 18.6 Å². The molecule has 72 valence electrons. The standard InChI is InChI=1S/C5H10BrNO4S/c6-3-12(10,11)7-1-4(8)5(9)2-7/h4-5,8-9H,1-3H2/t4-,5+. The molecule has 12 heavy (non-hydrogen) atoms. The normalized spacial score (nSPS) is 32.6. The van der Waals surface area contributed by atoms with Crippen LogP contribution in [0.2, 0.25) is 0 Å². The van der Waals surface area contributed by atoms with Gasteiger partial charge < -0.3 is 10.2 Å². The molecule has 2 N–H and O–H groups in total. The minimum Gasteiger partial charge on any atom is -0.389 e. The molecule has 1 aliphatic rings. The van der Waals surface area contributed by atoms with Crippen LogP contribution < -0.4 is 0 Å². The van der Waals surface area contributed by atoms with Crippen LogP contribution in [0.25, 0.3) is 0 Å². The summed E-state index contributed by atoms with van der Waals surface area (Å²) < 4.78 is 23.2. The fourth-order valence-corrected chi connectivity index (χ4v) is 2.80. The first-order valence-electron chi connectivity index (χ1n) is 3.37. The summed E-state index contributed by atoms with van der Waals surface area (Å²) in [6.45, 7) is -0.0375. The smallest absolute Gasteiger partial charge is 0.224 e. The predicted molar refractivity (Wildman–Crippen MR) is 46.3 cm³/mol. The molecule has 1 heterocycles. The average Bonchev–Trinajstić information content (AvgIpc) is 2.33. The third kappa shape index (κ3) is 1.97. The molecule has 5 nitrogen and oxygen atoms in total. The van der Waals surface area contributed by atoms with Crippen LogP contribution >= 0.6 is 15.9 Å². The van der Waals surface area contributed by atoms with Crippen LogP contribution in [0.3, 0.4) is 0 Å². The molecule has 1 fully saturated rings. The predicted octanol–water partition coefficient (Wildman–Crippen LogP) is -1.29. The van der Waals surface area contributed by atoms with Crippen LogP contribution in [0, 0.1) is 0 Å². The van der Waals surface area contributed by atoms with Crippen LogP contribution in [0.15, 0.2) is 0 Å². The van der Waals surface area contributed by atoms with E-state index in [0.29, 0.717) is 0 Å². The molecule has 0 unspecified atom stereocenters. The number of hydrogen-bond acceptors (Lipinski definition) is 4. The van der Waals surface area contributed by atoms with E-state index in [9.17, 15) is 8.42 Å². The van der Waals surface area contributed by atoms with Crippen LogP contribution in [-0.4, -0.2) is 52.9 Å². The Labute approximate surface area is 79.2 Å². The highest BCUT2D eigenvalue weighted by Gasteiger charge is 2.35. The van der Waals surface area contributed by atoms with Crippen molar-refractivity contribution in [1.82, 2.24) is 4.31 Å². The molecular formula is C5H10BrNO4S. The van der Waals surface area contributed by atoms with E-state index < -0.39 is 22.2 Å². The molecule has 1 saturated heterocycles. The van der Waals surface area contributed by atoms with Crippen molar-refractivity contribution in [3.05, 3.63) is 0 Å². The van der Waals surface area contributed by atoms with Crippen molar-refractivity contribution in [1.29, 1.82) is 0 Å². The van der Waals surface area contributed by atoms with Gasteiger partial charge in [-0.05, 0) is 0 Å². The van der Waals surface area contributed by atoms with Crippen LogP contribution in [0.5, 0.6) is 0 Å². The topological polar surface area (TPSA) is 77.8 Å². The van der Waals surface area contributed by atoms with E-state index in [2.05, 4.69) is 15.9 Å². The van der Waals surface area contributed by atoms with E-state index in [0.717, 1.165) is 4.31 Å². The highest BCUT2D eigenvalue weighted by Crippen LogP contribution is 2.15. The van der Waals surface area contributed by atoms with Crippen molar-refractivity contribution in [3.8, 4) is 0 Å². The number of sulfonamides is 1. The van der Waals surface area contributed by atoms with Gasteiger partial charge in [-0.1, -0.05) is 15.9 Å². The lowest BCUT2D eigenvalue weighted by molar-refractivity contribution is 0.0572. The average molecular weight is 260 g/mol. The van der Waals surface area contributed by atoms with E-state index in [4.69, 9.17) is 10.2 Å².